The van der Waals surface area contributed by atoms with Crippen LogP contribution in [0.25, 0.3) is 0 Å². The van der Waals surface area contributed by atoms with Crippen LogP contribution in [0.5, 0.6) is 0 Å². The number of rotatable bonds is 5. The molecule has 2 aliphatic heterocycles. The number of nitrogens with one attached hydrogen (secondary N) is 1. The van der Waals surface area contributed by atoms with Gasteiger partial charge in [0.1, 0.15) is 5.82 Å². The van der Waals surface area contributed by atoms with Crippen molar-refractivity contribution in [2.24, 2.45) is 5.92 Å². The van der Waals surface area contributed by atoms with Crippen LogP contribution < -0.4 is 10.2 Å². The van der Waals surface area contributed by atoms with Gasteiger partial charge in [0.05, 0.1) is 11.5 Å². The van der Waals surface area contributed by atoms with Gasteiger partial charge in [-0.2, -0.15) is 5.10 Å². The number of carbonyl (C=O) groups excluding carboxylic acids is 2. The third kappa shape index (κ3) is 4.62. The molecule has 2 aliphatic rings. The lowest BCUT2D eigenvalue weighted by Crippen LogP contribution is -2.52. The Balaban J connectivity index is 1.11. The average molecular weight is 460 g/mol. The van der Waals surface area contributed by atoms with E-state index in [1.807, 2.05) is 41.3 Å². The lowest BCUT2D eigenvalue weighted by Gasteiger charge is -2.38. The molecule has 34 heavy (non-hydrogen) atoms. The number of benzene rings is 2. The molecular weight excluding hydrogens is 433 g/mol. The summed E-state index contributed by atoms with van der Waals surface area (Å²) < 4.78 is 14.0. The van der Waals surface area contributed by atoms with Gasteiger partial charge in [0.25, 0.3) is 5.91 Å². The number of piperidine rings is 1. The van der Waals surface area contributed by atoms with Crippen molar-refractivity contribution in [3.63, 3.8) is 0 Å². The lowest BCUT2D eigenvalue weighted by molar-refractivity contribution is -0.120. The summed E-state index contributed by atoms with van der Waals surface area (Å²) in [6.07, 6.45) is 3.28. The third-order valence-electron chi connectivity index (χ3n) is 6.67. The summed E-state index contributed by atoms with van der Waals surface area (Å²) in [5.41, 5.74) is 2.10. The third-order valence-corrected chi connectivity index (χ3v) is 6.67. The summed E-state index contributed by atoms with van der Waals surface area (Å²) in [4.78, 5) is 29.0. The van der Waals surface area contributed by atoms with Crippen LogP contribution in [0.1, 0.15) is 34.7 Å². The molecule has 2 amide bonds. The summed E-state index contributed by atoms with van der Waals surface area (Å²) >= 11 is 0. The minimum absolute atomic E-state index is 0.00727. The Hall–Kier alpha value is -3.81. The second kappa shape index (κ2) is 9.59. The molecule has 3 aromatic rings. The molecule has 8 heteroatoms. The van der Waals surface area contributed by atoms with Gasteiger partial charge in [-0.15, -0.1) is 5.10 Å². The van der Waals surface area contributed by atoms with Gasteiger partial charge in [0.2, 0.25) is 5.91 Å². The fourth-order valence-corrected chi connectivity index (χ4v) is 4.60. The van der Waals surface area contributed by atoms with E-state index in [1.165, 1.54) is 17.7 Å². The van der Waals surface area contributed by atoms with Crippen LogP contribution in [-0.4, -0.2) is 53.1 Å². The van der Waals surface area contributed by atoms with Crippen LogP contribution in [0.15, 0.2) is 66.9 Å². The molecule has 3 heterocycles. The summed E-state index contributed by atoms with van der Waals surface area (Å²) in [5, 5.41) is 10.9. The van der Waals surface area contributed by atoms with Crippen molar-refractivity contribution in [3.05, 3.63) is 83.8 Å². The predicted molar refractivity (Wildman–Crippen MR) is 127 cm³/mol. The molecule has 0 saturated carbocycles. The minimum Gasteiger partial charge on any atom is -0.353 e. The molecule has 1 aromatic heterocycles. The number of halogens is 1. The van der Waals surface area contributed by atoms with Gasteiger partial charge in [0.15, 0.2) is 5.82 Å². The SMILES string of the molecule is O=C(Nc1ccc(C2CCN(C(=O)c3ccccc3F)CC2)cc1)C1CN(c2cccnn2)C1. The Morgan fingerprint density at radius 2 is 1.68 bits per heavy atom. The molecule has 0 radical (unpaired) electrons. The number of hydrogen-bond acceptors (Lipinski definition) is 5. The maximum atomic E-state index is 14.0. The highest BCUT2D eigenvalue weighted by atomic mass is 19.1. The van der Waals surface area contributed by atoms with Gasteiger partial charge < -0.3 is 15.1 Å². The fraction of sp³-hybridized carbons (Fsp3) is 0.308. The van der Waals surface area contributed by atoms with E-state index in [4.69, 9.17) is 0 Å². The Kier molecular flexibility index (Phi) is 6.20. The molecular formula is C26H26FN5O2. The van der Waals surface area contributed by atoms with Gasteiger partial charge in [-0.3, -0.25) is 9.59 Å². The monoisotopic (exact) mass is 459 g/mol. The largest absolute Gasteiger partial charge is 0.353 e. The van der Waals surface area contributed by atoms with Crippen LogP contribution >= 0.6 is 0 Å². The average Bonchev–Trinajstić information content (AvgIpc) is 2.84. The molecule has 2 aromatic carbocycles. The highest BCUT2D eigenvalue weighted by Gasteiger charge is 2.33. The van der Waals surface area contributed by atoms with Gasteiger partial charge >= 0.3 is 0 Å². The summed E-state index contributed by atoms with van der Waals surface area (Å²) in [5.74, 6) is 0.337. The van der Waals surface area contributed by atoms with E-state index in [-0.39, 0.29) is 23.3 Å². The molecule has 0 spiro atoms. The van der Waals surface area contributed by atoms with Crippen LogP contribution in [0.3, 0.4) is 0 Å². The number of carbonyl (C=O) groups is 2. The topological polar surface area (TPSA) is 78.4 Å². The zero-order valence-corrected chi connectivity index (χ0v) is 18.7. The second-order valence-electron chi connectivity index (χ2n) is 8.84. The Bertz CT molecular complexity index is 1160. The van der Waals surface area contributed by atoms with Crippen LogP contribution in [0, 0.1) is 11.7 Å². The van der Waals surface area contributed by atoms with E-state index in [1.54, 1.807) is 23.2 Å². The molecule has 0 unspecified atom stereocenters. The first-order valence-corrected chi connectivity index (χ1v) is 11.6. The first-order chi connectivity index (χ1) is 16.6. The Morgan fingerprint density at radius 3 is 2.35 bits per heavy atom. The van der Waals surface area contributed by atoms with Crippen LogP contribution in [-0.2, 0) is 4.79 Å². The number of anilines is 2. The smallest absolute Gasteiger partial charge is 0.256 e. The minimum atomic E-state index is -0.476. The zero-order valence-electron chi connectivity index (χ0n) is 18.7. The molecule has 0 atom stereocenters. The normalized spacial score (nSPS) is 16.7. The van der Waals surface area contributed by atoms with E-state index >= 15 is 0 Å². The van der Waals surface area contributed by atoms with Crippen molar-refractivity contribution in [2.45, 2.75) is 18.8 Å². The number of likely N-dealkylation sites (tertiary alicyclic amines) is 1. The van der Waals surface area contributed by atoms with Crippen LogP contribution in [0.4, 0.5) is 15.9 Å². The van der Waals surface area contributed by atoms with E-state index in [9.17, 15) is 14.0 Å². The van der Waals surface area contributed by atoms with E-state index < -0.39 is 5.82 Å². The molecule has 2 fully saturated rings. The van der Waals surface area contributed by atoms with Crippen molar-refractivity contribution in [1.29, 1.82) is 0 Å². The van der Waals surface area contributed by atoms with Crippen molar-refractivity contribution in [3.8, 4) is 0 Å². The van der Waals surface area contributed by atoms with E-state index in [0.717, 1.165) is 24.3 Å². The Morgan fingerprint density at radius 1 is 0.941 bits per heavy atom. The molecule has 2 saturated heterocycles. The van der Waals surface area contributed by atoms with Crippen molar-refractivity contribution in [2.75, 3.05) is 36.4 Å². The van der Waals surface area contributed by atoms with Gasteiger partial charge in [0, 0.05) is 38.1 Å². The highest BCUT2D eigenvalue weighted by Crippen LogP contribution is 2.30. The van der Waals surface area contributed by atoms with Crippen molar-refractivity contribution in [1.82, 2.24) is 15.1 Å². The predicted octanol–water partition coefficient (Wildman–Crippen LogP) is 3.71. The standard InChI is InChI=1S/C26H26FN5O2/c27-23-5-2-1-4-22(23)26(34)31-14-11-19(12-15-31)18-7-9-21(10-8-18)29-25(33)20-16-32(17-20)24-6-3-13-28-30-24/h1-10,13,19-20H,11-12,14-17H2,(H,29,33). The zero-order chi connectivity index (χ0) is 23.5. The molecule has 7 nitrogen and oxygen atoms in total. The van der Waals surface area contributed by atoms with Crippen molar-refractivity contribution < 1.29 is 14.0 Å². The highest BCUT2D eigenvalue weighted by molar-refractivity contribution is 5.95. The maximum absolute atomic E-state index is 14.0. The number of nitrogens with zero attached hydrogens (tertiary/aromatic N) is 4. The molecule has 5 rings (SSSR count). The van der Waals surface area contributed by atoms with E-state index in [0.29, 0.717) is 32.1 Å². The number of hydrogen-bond donors (Lipinski definition) is 1. The quantitative estimate of drug-likeness (QED) is 0.629. The molecule has 0 aliphatic carbocycles. The molecule has 1 N–H and O–H groups in total. The summed E-state index contributed by atoms with van der Waals surface area (Å²) in [6, 6.07) is 17.8. The molecule has 0 bridgehead atoms. The lowest BCUT2D eigenvalue weighted by atomic mass is 9.89. The van der Waals surface area contributed by atoms with Crippen LogP contribution in [0.2, 0.25) is 0 Å². The Labute approximate surface area is 197 Å². The van der Waals surface area contributed by atoms with E-state index in [2.05, 4.69) is 15.5 Å². The van der Waals surface area contributed by atoms with Gasteiger partial charge in [-0.05, 0) is 60.7 Å². The van der Waals surface area contributed by atoms with Gasteiger partial charge in [-0.25, -0.2) is 4.39 Å². The first kappa shape index (κ1) is 22.0. The first-order valence-electron chi connectivity index (χ1n) is 11.6. The molecule has 174 valence electrons. The van der Waals surface area contributed by atoms with Gasteiger partial charge in [-0.1, -0.05) is 24.3 Å². The number of amides is 2. The second-order valence-corrected chi connectivity index (χ2v) is 8.84. The maximum Gasteiger partial charge on any atom is 0.256 e. The summed E-state index contributed by atoms with van der Waals surface area (Å²) in [6.45, 7) is 2.46. The summed E-state index contributed by atoms with van der Waals surface area (Å²) in [7, 11) is 0. The van der Waals surface area contributed by atoms with Crippen molar-refractivity contribution >= 4 is 23.3 Å². The fourth-order valence-electron chi connectivity index (χ4n) is 4.60. The number of aromatic nitrogens is 2.